The lowest BCUT2D eigenvalue weighted by Gasteiger charge is -2.14. The zero-order chi connectivity index (χ0) is 26.2. The van der Waals surface area contributed by atoms with Crippen molar-refractivity contribution in [3.05, 3.63) is 84.9 Å². The van der Waals surface area contributed by atoms with Crippen LogP contribution >= 0.6 is 45.8 Å². The number of nitrogens with zero attached hydrogens (tertiary/aromatic N) is 1. The van der Waals surface area contributed by atoms with E-state index in [1.807, 2.05) is 28.7 Å². The van der Waals surface area contributed by atoms with Crippen LogP contribution in [0.25, 0.3) is 6.08 Å². The minimum atomic E-state index is -0.685. The molecule has 1 N–H and O–H groups in total. The van der Waals surface area contributed by atoms with E-state index in [2.05, 4.69) is 5.32 Å². The standard InChI is InChI=1S/C26H19Cl2IN2O5/c1-3-35-22-13-15(11-17(14-30)25(32)31-23-19(27)5-4-6-20(23)28)12-21(29)24(22)36-26(33)16-7-9-18(34-2)10-8-16/h4-13H,3H2,1-2H3,(H,31,32)/b17-11+. The van der Waals surface area contributed by atoms with Gasteiger partial charge in [0.2, 0.25) is 0 Å². The summed E-state index contributed by atoms with van der Waals surface area (Å²) in [6.45, 7) is 2.08. The van der Waals surface area contributed by atoms with E-state index in [1.165, 1.54) is 13.2 Å². The Morgan fingerprint density at radius 1 is 1.11 bits per heavy atom. The molecule has 3 rings (SSSR count). The molecule has 0 unspecified atom stereocenters. The third kappa shape index (κ3) is 6.69. The van der Waals surface area contributed by atoms with E-state index < -0.39 is 11.9 Å². The number of nitrogens with one attached hydrogen (secondary N) is 1. The molecule has 0 saturated carbocycles. The van der Waals surface area contributed by atoms with Crippen LogP contribution in [0.1, 0.15) is 22.8 Å². The average molecular weight is 637 g/mol. The van der Waals surface area contributed by atoms with E-state index in [4.69, 9.17) is 37.4 Å². The summed E-state index contributed by atoms with van der Waals surface area (Å²) in [4.78, 5) is 25.4. The van der Waals surface area contributed by atoms with Crippen molar-refractivity contribution in [1.29, 1.82) is 5.26 Å². The van der Waals surface area contributed by atoms with Crippen LogP contribution in [-0.4, -0.2) is 25.6 Å². The van der Waals surface area contributed by atoms with E-state index in [-0.39, 0.29) is 32.8 Å². The van der Waals surface area contributed by atoms with Crippen molar-refractivity contribution in [2.45, 2.75) is 6.92 Å². The van der Waals surface area contributed by atoms with Gasteiger partial charge in [-0.25, -0.2) is 4.79 Å². The van der Waals surface area contributed by atoms with Crippen molar-refractivity contribution in [3.63, 3.8) is 0 Å². The molecule has 3 aromatic rings. The summed E-state index contributed by atoms with van der Waals surface area (Å²) < 4.78 is 17.0. The van der Waals surface area contributed by atoms with Crippen molar-refractivity contribution in [2.24, 2.45) is 0 Å². The van der Waals surface area contributed by atoms with Gasteiger partial charge in [0.25, 0.3) is 5.91 Å². The molecule has 0 heterocycles. The maximum atomic E-state index is 12.7. The first-order chi connectivity index (χ1) is 17.3. The normalized spacial score (nSPS) is 10.8. The first kappa shape index (κ1) is 27.3. The van der Waals surface area contributed by atoms with Crippen LogP contribution in [0.2, 0.25) is 10.0 Å². The second-order valence-electron chi connectivity index (χ2n) is 7.10. The highest BCUT2D eigenvalue weighted by Crippen LogP contribution is 2.36. The Kier molecular flexibility index (Phi) is 9.58. The molecular weight excluding hydrogens is 618 g/mol. The number of carbonyl (C=O) groups excluding carboxylic acids is 2. The fourth-order valence-electron chi connectivity index (χ4n) is 3.03. The first-order valence-corrected chi connectivity index (χ1v) is 12.3. The SMILES string of the molecule is CCOc1cc(/C=C(\C#N)C(=O)Nc2c(Cl)cccc2Cl)cc(I)c1OC(=O)c1ccc(OC)cc1. The van der Waals surface area contributed by atoms with E-state index in [0.717, 1.165) is 0 Å². The lowest BCUT2D eigenvalue weighted by molar-refractivity contribution is -0.112. The molecule has 3 aromatic carbocycles. The summed E-state index contributed by atoms with van der Waals surface area (Å²) in [6, 6.07) is 16.4. The molecule has 36 heavy (non-hydrogen) atoms. The minimum absolute atomic E-state index is 0.188. The Hall–Kier alpha value is -3.26. The number of ether oxygens (including phenoxy) is 3. The molecule has 1 amide bonds. The van der Waals surface area contributed by atoms with Gasteiger partial charge in [-0.1, -0.05) is 29.3 Å². The van der Waals surface area contributed by atoms with Crippen LogP contribution in [0.5, 0.6) is 17.2 Å². The van der Waals surface area contributed by atoms with Crippen molar-refractivity contribution in [2.75, 3.05) is 19.0 Å². The number of anilines is 1. The van der Waals surface area contributed by atoms with E-state index in [9.17, 15) is 14.9 Å². The number of methoxy groups -OCH3 is 1. The van der Waals surface area contributed by atoms with Crippen molar-refractivity contribution >= 4 is 69.4 Å². The highest BCUT2D eigenvalue weighted by molar-refractivity contribution is 14.1. The topological polar surface area (TPSA) is 97.6 Å². The Morgan fingerprint density at radius 3 is 2.36 bits per heavy atom. The largest absolute Gasteiger partial charge is 0.497 e. The number of benzene rings is 3. The van der Waals surface area contributed by atoms with Crippen LogP contribution < -0.4 is 19.5 Å². The van der Waals surface area contributed by atoms with Gasteiger partial charge in [0.15, 0.2) is 11.5 Å². The number of amides is 1. The lowest BCUT2D eigenvalue weighted by atomic mass is 10.1. The van der Waals surface area contributed by atoms with Crippen LogP contribution in [0.4, 0.5) is 5.69 Å². The predicted molar refractivity (Wildman–Crippen MR) is 147 cm³/mol. The minimum Gasteiger partial charge on any atom is -0.497 e. The van der Waals surface area contributed by atoms with Gasteiger partial charge < -0.3 is 19.5 Å². The Bertz CT molecular complexity index is 1350. The van der Waals surface area contributed by atoms with Gasteiger partial charge in [-0.2, -0.15) is 5.26 Å². The lowest BCUT2D eigenvalue weighted by Crippen LogP contribution is -2.14. The van der Waals surface area contributed by atoms with E-state index in [1.54, 1.807) is 61.5 Å². The van der Waals surface area contributed by atoms with Gasteiger partial charge in [-0.3, -0.25) is 4.79 Å². The second-order valence-corrected chi connectivity index (χ2v) is 9.08. The van der Waals surface area contributed by atoms with E-state index in [0.29, 0.717) is 27.1 Å². The predicted octanol–water partition coefficient (Wildman–Crippen LogP) is 6.77. The first-order valence-electron chi connectivity index (χ1n) is 10.5. The number of hydrogen-bond acceptors (Lipinski definition) is 6. The third-order valence-electron chi connectivity index (χ3n) is 4.73. The van der Waals surface area contributed by atoms with Gasteiger partial charge in [-0.15, -0.1) is 0 Å². The Labute approximate surface area is 231 Å². The molecule has 0 fully saturated rings. The van der Waals surface area contributed by atoms with E-state index >= 15 is 0 Å². The highest BCUT2D eigenvalue weighted by atomic mass is 127. The number of nitriles is 1. The number of esters is 1. The summed E-state index contributed by atoms with van der Waals surface area (Å²) in [5, 5.41) is 12.6. The number of halogens is 3. The maximum Gasteiger partial charge on any atom is 0.343 e. The summed E-state index contributed by atoms with van der Waals surface area (Å²) in [7, 11) is 1.54. The molecule has 0 atom stereocenters. The zero-order valence-electron chi connectivity index (χ0n) is 19.1. The molecule has 10 heteroatoms. The monoisotopic (exact) mass is 636 g/mol. The number of para-hydroxylation sites is 1. The second kappa shape index (κ2) is 12.6. The van der Waals surface area contributed by atoms with Gasteiger partial charge in [0.1, 0.15) is 17.4 Å². The molecule has 0 aliphatic heterocycles. The molecule has 0 aliphatic carbocycles. The quantitative estimate of drug-likeness (QED) is 0.0964. The molecule has 0 spiro atoms. The number of rotatable bonds is 8. The van der Waals surface area contributed by atoms with Crippen LogP contribution in [0, 0.1) is 14.9 Å². The molecule has 7 nitrogen and oxygen atoms in total. The van der Waals surface area contributed by atoms with Crippen LogP contribution in [0.3, 0.4) is 0 Å². The zero-order valence-corrected chi connectivity index (χ0v) is 22.8. The molecule has 0 aromatic heterocycles. The smallest absolute Gasteiger partial charge is 0.343 e. The Balaban J connectivity index is 1.90. The maximum absolute atomic E-state index is 12.7. The van der Waals surface area contributed by atoms with Gasteiger partial charge >= 0.3 is 5.97 Å². The molecular formula is C26H19Cl2IN2O5. The van der Waals surface area contributed by atoms with Crippen LogP contribution in [0.15, 0.2) is 60.2 Å². The third-order valence-corrected chi connectivity index (χ3v) is 6.16. The molecule has 0 saturated heterocycles. The van der Waals surface area contributed by atoms with Gasteiger partial charge in [0, 0.05) is 0 Å². The van der Waals surface area contributed by atoms with Crippen molar-refractivity contribution in [3.8, 4) is 23.3 Å². The number of hydrogen-bond donors (Lipinski definition) is 1. The molecule has 0 aliphatic rings. The van der Waals surface area contributed by atoms with Crippen molar-refractivity contribution < 1.29 is 23.8 Å². The molecule has 0 radical (unpaired) electrons. The molecule has 0 bridgehead atoms. The summed E-state index contributed by atoms with van der Waals surface area (Å²) in [5.41, 5.74) is 0.841. The fraction of sp³-hybridized carbons (Fsp3) is 0.115. The fourth-order valence-corrected chi connectivity index (χ4v) is 4.25. The summed E-state index contributed by atoms with van der Waals surface area (Å²) in [5.74, 6) is -0.143. The Morgan fingerprint density at radius 2 is 1.78 bits per heavy atom. The summed E-state index contributed by atoms with van der Waals surface area (Å²) >= 11 is 14.2. The highest BCUT2D eigenvalue weighted by Gasteiger charge is 2.19. The average Bonchev–Trinajstić information content (AvgIpc) is 2.86. The van der Waals surface area contributed by atoms with Gasteiger partial charge in [-0.05, 0) is 89.7 Å². The van der Waals surface area contributed by atoms with Crippen molar-refractivity contribution in [1.82, 2.24) is 0 Å². The summed E-state index contributed by atoms with van der Waals surface area (Å²) in [6.07, 6.45) is 1.39. The number of carbonyl (C=O) groups is 2. The van der Waals surface area contributed by atoms with Gasteiger partial charge in [0.05, 0.1) is 38.6 Å². The van der Waals surface area contributed by atoms with Crippen LogP contribution in [-0.2, 0) is 4.79 Å². The molecule has 184 valence electrons.